The lowest BCUT2D eigenvalue weighted by Gasteiger charge is -2.22. The molecule has 1 heterocycles. The Bertz CT molecular complexity index is 443. The van der Waals surface area contributed by atoms with E-state index in [9.17, 15) is 18.0 Å². The topological polar surface area (TPSA) is 74.7 Å². The number of hydrogen-bond acceptors (Lipinski definition) is 4. The van der Waals surface area contributed by atoms with Crippen LogP contribution in [0.25, 0.3) is 0 Å². The van der Waals surface area contributed by atoms with Crippen molar-refractivity contribution < 1.29 is 27.8 Å². The van der Waals surface area contributed by atoms with Crippen molar-refractivity contribution in [2.45, 2.75) is 12.7 Å². The number of ether oxygens (including phenoxy) is 1. The van der Waals surface area contributed by atoms with Gasteiger partial charge in [-0.05, 0) is 12.1 Å². The molecule has 0 saturated heterocycles. The first-order chi connectivity index (χ1) is 10.4. The number of pyridine rings is 1. The van der Waals surface area contributed by atoms with E-state index in [1.165, 1.54) is 4.90 Å². The molecule has 0 radical (unpaired) electrons. The van der Waals surface area contributed by atoms with Gasteiger partial charge in [0.15, 0.2) is 0 Å². The van der Waals surface area contributed by atoms with Gasteiger partial charge in [-0.2, -0.15) is 13.2 Å². The lowest BCUT2D eigenvalue weighted by Crippen LogP contribution is -2.43. The van der Waals surface area contributed by atoms with E-state index in [-0.39, 0.29) is 32.8 Å². The number of rotatable bonds is 8. The highest BCUT2D eigenvalue weighted by atomic mass is 19.4. The van der Waals surface area contributed by atoms with E-state index in [0.29, 0.717) is 5.69 Å². The molecule has 22 heavy (non-hydrogen) atoms. The molecule has 9 heteroatoms. The Hall–Kier alpha value is -1.87. The third-order valence-corrected chi connectivity index (χ3v) is 2.58. The summed E-state index contributed by atoms with van der Waals surface area (Å²) in [6, 6.07) is 4.73. The van der Waals surface area contributed by atoms with E-state index in [2.05, 4.69) is 15.0 Å². The van der Waals surface area contributed by atoms with Crippen molar-refractivity contribution in [2.75, 3.05) is 32.9 Å². The van der Waals surface area contributed by atoms with Crippen LogP contribution in [0.1, 0.15) is 5.69 Å². The molecule has 0 saturated carbocycles. The van der Waals surface area contributed by atoms with Gasteiger partial charge in [-0.25, -0.2) is 4.79 Å². The number of urea groups is 1. The molecular formula is C13H18F3N3O3. The molecule has 0 atom stereocenters. The maximum absolute atomic E-state index is 11.9. The fourth-order valence-electron chi connectivity index (χ4n) is 1.58. The van der Waals surface area contributed by atoms with Crippen molar-refractivity contribution in [3.05, 3.63) is 30.1 Å². The summed E-state index contributed by atoms with van der Waals surface area (Å²) >= 11 is 0. The number of alkyl halides is 3. The van der Waals surface area contributed by atoms with Crippen LogP contribution >= 0.6 is 0 Å². The van der Waals surface area contributed by atoms with E-state index >= 15 is 0 Å². The second-order valence-corrected chi connectivity index (χ2v) is 4.36. The van der Waals surface area contributed by atoms with Crippen LogP contribution in [-0.2, 0) is 11.3 Å². The van der Waals surface area contributed by atoms with E-state index in [0.717, 1.165) is 0 Å². The molecule has 1 rings (SSSR count). The maximum atomic E-state index is 11.9. The summed E-state index contributed by atoms with van der Waals surface area (Å²) in [4.78, 5) is 17.1. The van der Waals surface area contributed by atoms with Crippen LogP contribution in [0.2, 0.25) is 0 Å². The standard InChI is InChI=1S/C13H18F3N3O3/c14-13(15,16)10-22-8-6-19(5-7-20)12(21)18-9-11-3-1-2-4-17-11/h1-4,20H,5-10H2,(H,18,21). The van der Waals surface area contributed by atoms with Gasteiger partial charge in [0.1, 0.15) is 6.61 Å². The number of amides is 2. The number of halogens is 3. The van der Waals surface area contributed by atoms with Crippen LogP contribution in [0.15, 0.2) is 24.4 Å². The van der Waals surface area contributed by atoms with Crippen LogP contribution in [0, 0.1) is 0 Å². The van der Waals surface area contributed by atoms with Gasteiger partial charge in [-0.1, -0.05) is 6.07 Å². The Labute approximate surface area is 125 Å². The Morgan fingerprint density at radius 2 is 2.14 bits per heavy atom. The first kappa shape index (κ1) is 18.2. The lowest BCUT2D eigenvalue weighted by molar-refractivity contribution is -0.174. The molecule has 124 valence electrons. The Morgan fingerprint density at radius 3 is 2.73 bits per heavy atom. The van der Waals surface area contributed by atoms with Crippen molar-refractivity contribution in [1.29, 1.82) is 0 Å². The van der Waals surface area contributed by atoms with Crippen LogP contribution in [-0.4, -0.2) is 60.1 Å². The van der Waals surface area contributed by atoms with Gasteiger partial charge in [0, 0.05) is 19.3 Å². The predicted molar refractivity (Wildman–Crippen MR) is 72.0 cm³/mol. The lowest BCUT2D eigenvalue weighted by atomic mass is 10.3. The quantitative estimate of drug-likeness (QED) is 0.705. The number of nitrogens with zero attached hydrogens (tertiary/aromatic N) is 2. The summed E-state index contributed by atoms with van der Waals surface area (Å²) in [5.41, 5.74) is 0.646. The fourth-order valence-corrected chi connectivity index (χ4v) is 1.58. The molecule has 0 aliphatic heterocycles. The Balaban J connectivity index is 2.36. The van der Waals surface area contributed by atoms with E-state index in [4.69, 9.17) is 5.11 Å². The van der Waals surface area contributed by atoms with Crippen LogP contribution in [0.4, 0.5) is 18.0 Å². The summed E-state index contributed by atoms with van der Waals surface area (Å²) in [5.74, 6) is 0. The molecule has 1 aromatic heterocycles. The molecular weight excluding hydrogens is 303 g/mol. The minimum absolute atomic E-state index is 0.00340. The average molecular weight is 321 g/mol. The normalized spacial score (nSPS) is 11.3. The number of aliphatic hydroxyl groups is 1. The molecule has 0 fully saturated rings. The minimum atomic E-state index is -4.40. The zero-order valence-electron chi connectivity index (χ0n) is 11.8. The van der Waals surface area contributed by atoms with Crippen LogP contribution in [0.5, 0.6) is 0 Å². The molecule has 0 aliphatic rings. The summed E-state index contributed by atoms with van der Waals surface area (Å²) in [5, 5.41) is 11.5. The Kier molecular flexibility index (Phi) is 7.61. The van der Waals surface area contributed by atoms with Gasteiger partial charge in [0.25, 0.3) is 0 Å². The van der Waals surface area contributed by atoms with Gasteiger partial charge in [0.05, 0.1) is 25.5 Å². The van der Waals surface area contributed by atoms with Gasteiger partial charge in [-0.3, -0.25) is 4.98 Å². The largest absolute Gasteiger partial charge is 0.411 e. The molecule has 0 unspecified atom stereocenters. The highest BCUT2D eigenvalue weighted by Gasteiger charge is 2.27. The molecule has 2 N–H and O–H groups in total. The smallest absolute Gasteiger partial charge is 0.395 e. The first-order valence-corrected chi connectivity index (χ1v) is 6.60. The molecule has 0 bridgehead atoms. The first-order valence-electron chi connectivity index (χ1n) is 6.60. The number of nitrogens with one attached hydrogen (secondary N) is 1. The monoisotopic (exact) mass is 321 g/mol. The molecule has 0 aromatic carbocycles. The van der Waals surface area contributed by atoms with Gasteiger partial charge in [0.2, 0.25) is 0 Å². The third-order valence-electron chi connectivity index (χ3n) is 2.58. The SMILES string of the molecule is O=C(NCc1ccccn1)N(CCO)CCOCC(F)(F)F. The summed E-state index contributed by atoms with van der Waals surface area (Å²) in [6.07, 6.45) is -2.82. The molecule has 1 aromatic rings. The minimum Gasteiger partial charge on any atom is -0.395 e. The number of hydrogen-bond donors (Lipinski definition) is 2. The molecule has 0 spiro atoms. The van der Waals surface area contributed by atoms with Gasteiger partial charge in [-0.15, -0.1) is 0 Å². The second-order valence-electron chi connectivity index (χ2n) is 4.36. The highest BCUT2D eigenvalue weighted by Crippen LogP contribution is 2.14. The molecule has 0 aliphatic carbocycles. The number of aliphatic hydroxyl groups excluding tert-OH is 1. The zero-order chi connectivity index (χ0) is 16.4. The second kappa shape index (κ2) is 9.21. The molecule has 2 amide bonds. The van der Waals surface area contributed by atoms with E-state index in [1.807, 2.05) is 0 Å². The van der Waals surface area contributed by atoms with Crippen molar-refractivity contribution >= 4 is 6.03 Å². The summed E-state index contributed by atoms with van der Waals surface area (Å²) < 4.78 is 40.2. The number of carbonyl (C=O) groups excluding carboxylic acids is 1. The predicted octanol–water partition coefficient (Wildman–Crippen LogP) is 1.16. The van der Waals surface area contributed by atoms with Gasteiger partial charge >= 0.3 is 12.2 Å². The number of carbonyl (C=O) groups is 1. The van der Waals surface area contributed by atoms with E-state index < -0.39 is 18.8 Å². The summed E-state index contributed by atoms with van der Waals surface area (Å²) in [7, 11) is 0. The zero-order valence-corrected chi connectivity index (χ0v) is 11.8. The van der Waals surface area contributed by atoms with Crippen molar-refractivity contribution in [3.63, 3.8) is 0 Å². The molecule has 6 nitrogen and oxygen atoms in total. The van der Waals surface area contributed by atoms with Crippen molar-refractivity contribution in [1.82, 2.24) is 15.2 Å². The van der Waals surface area contributed by atoms with Crippen LogP contribution < -0.4 is 5.32 Å². The van der Waals surface area contributed by atoms with E-state index in [1.54, 1.807) is 24.4 Å². The van der Waals surface area contributed by atoms with Crippen molar-refractivity contribution in [2.24, 2.45) is 0 Å². The summed E-state index contributed by atoms with van der Waals surface area (Å²) in [6.45, 7) is -1.79. The highest BCUT2D eigenvalue weighted by molar-refractivity contribution is 5.74. The number of aromatic nitrogens is 1. The van der Waals surface area contributed by atoms with Gasteiger partial charge < -0.3 is 20.1 Å². The Morgan fingerprint density at radius 1 is 1.36 bits per heavy atom. The average Bonchev–Trinajstić information content (AvgIpc) is 2.48. The fraction of sp³-hybridized carbons (Fsp3) is 0.538. The third kappa shape index (κ3) is 7.79. The van der Waals surface area contributed by atoms with Crippen LogP contribution in [0.3, 0.4) is 0 Å². The maximum Gasteiger partial charge on any atom is 0.411 e. The van der Waals surface area contributed by atoms with Crippen molar-refractivity contribution in [3.8, 4) is 0 Å².